The standard InChI is InChI=1S/C20H22O2/c21-20(22)17-11-3-1-2-8-15-9-4-6-12-18(15)19-13-7-5-10-16(19)14-17/h4-7,9-10,12-13,17H,1-3,8,11,14H2,(H,21,22). The van der Waals surface area contributed by atoms with Gasteiger partial charge in [-0.05, 0) is 47.9 Å². The SMILES string of the molecule is O=C(O)C1CCCCCc2ccccc2-c2ccccc2C1. The van der Waals surface area contributed by atoms with Gasteiger partial charge in [-0.2, -0.15) is 0 Å². The van der Waals surface area contributed by atoms with E-state index in [0.29, 0.717) is 6.42 Å². The van der Waals surface area contributed by atoms with Crippen molar-refractivity contribution in [2.75, 3.05) is 0 Å². The molecule has 1 atom stereocenters. The van der Waals surface area contributed by atoms with E-state index in [-0.39, 0.29) is 5.92 Å². The summed E-state index contributed by atoms with van der Waals surface area (Å²) in [6, 6.07) is 16.8. The molecule has 2 aromatic carbocycles. The van der Waals surface area contributed by atoms with Crippen LogP contribution in [0.2, 0.25) is 0 Å². The number of rotatable bonds is 1. The normalized spacial score (nSPS) is 18.6. The Hall–Kier alpha value is -2.09. The van der Waals surface area contributed by atoms with Crippen LogP contribution in [-0.2, 0) is 17.6 Å². The highest BCUT2D eigenvalue weighted by atomic mass is 16.4. The molecule has 0 amide bonds. The van der Waals surface area contributed by atoms with Crippen LogP contribution in [0.15, 0.2) is 48.5 Å². The van der Waals surface area contributed by atoms with Crippen LogP contribution >= 0.6 is 0 Å². The molecule has 0 saturated heterocycles. The molecule has 2 nitrogen and oxygen atoms in total. The van der Waals surface area contributed by atoms with Crippen LogP contribution < -0.4 is 0 Å². The van der Waals surface area contributed by atoms with Gasteiger partial charge in [0.15, 0.2) is 0 Å². The maximum atomic E-state index is 11.6. The fourth-order valence-electron chi connectivity index (χ4n) is 3.42. The number of aliphatic carboxylic acids is 1. The maximum Gasteiger partial charge on any atom is 0.306 e. The third-order valence-electron chi connectivity index (χ3n) is 4.64. The predicted octanol–water partition coefficient (Wildman–Crippen LogP) is 4.71. The average molecular weight is 294 g/mol. The number of benzene rings is 2. The third kappa shape index (κ3) is 3.22. The van der Waals surface area contributed by atoms with Crippen molar-refractivity contribution >= 4 is 5.97 Å². The highest BCUT2D eigenvalue weighted by Crippen LogP contribution is 2.31. The van der Waals surface area contributed by atoms with Crippen molar-refractivity contribution in [3.8, 4) is 11.1 Å². The zero-order valence-electron chi connectivity index (χ0n) is 12.8. The maximum absolute atomic E-state index is 11.6. The molecule has 1 unspecified atom stereocenters. The summed E-state index contributed by atoms with van der Waals surface area (Å²) in [5, 5.41) is 9.51. The van der Waals surface area contributed by atoms with Gasteiger partial charge in [0, 0.05) is 0 Å². The fourth-order valence-corrected chi connectivity index (χ4v) is 3.42. The molecule has 22 heavy (non-hydrogen) atoms. The minimum Gasteiger partial charge on any atom is -0.481 e. The molecule has 3 rings (SSSR count). The minimum absolute atomic E-state index is 0.272. The quantitative estimate of drug-likeness (QED) is 0.826. The Kier molecular flexibility index (Phi) is 4.57. The molecule has 2 aromatic rings. The fraction of sp³-hybridized carbons (Fsp3) is 0.350. The Labute approximate surface area is 131 Å². The molecule has 0 aliphatic heterocycles. The zero-order chi connectivity index (χ0) is 15.4. The van der Waals surface area contributed by atoms with Gasteiger partial charge in [-0.3, -0.25) is 4.79 Å². The van der Waals surface area contributed by atoms with Gasteiger partial charge < -0.3 is 5.11 Å². The molecule has 2 heteroatoms. The number of hydrogen-bond acceptors (Lipinski definition) is 1. The Bertz CT molecular complexity index is 660. The van der Waals surface area contributed by atoms with Gasteiger partial charge in [-0.1, -0.05) is 61.4 Å². The molecule has 0 spiro atoms. The largest absolute Gasteiger partial charge is 0.481 e. The number of carboxylic acids is 1. The Morgan fingerprint density at radius 2 is 1.50 bits per heavy atom. The molecular weight excluding hydrogens is 272 g/mol. The van der Waals surface area contributed by atoms with Gasteiger partial charge in [0.25, 0.3) is 0 Å². The number of aryl methyl sites for hydroxylation is 1. The van der Waals surface area contributed by atoms with Gasteiger partial charge in [-0.25, -0.2) is 0 Å². The first kappa shape index (κ1) is 14.8. The lowest BCUT2D eigenvalue weighted by atomic mass is 9.89. The molecule has 0 aromatic heterocycles. The van der Waals surface area contributed by atoms with E-state index in [4.69, 9.17) is 0 Å². The number of carbonyl (C=O) groups is 1. The smallest absolute Gasteiger partial charge is 0.306 e. The monoisotopic (exact) mass is 294 g/mol. The molecule has 1 aliphatic carbocycles. The lowest BCUT2D eigenvalue weighted by molar-refractivity contribution is -0.142. The van der Waals surface area contributed by atoms with E-state index in [9.17, 15) is 9.90 Å². The summed E-state index contributed by atoms with van der Waals surface area (Å²) in [5.41, 5.74) is 5.00. The molecule has 0 saturated carbocycles. The van der Waals surface area contributed by atoms with Crippen LogP contribution in [0, 0.1) is 5.92 Å². The molecule has 114 valence electrons. The van der Waals surface area contributed by atoms with E-state index < -0.39 is 5.97 Å². The van der Waals surface area contributed by atoms with E-state index in [1.54, 1.807) is 0 Å². The van der Waals surface area contributed by atoms with Crippen molar-refractivity contribution in [2.45, 2.75) is 38.5 Å². The Morgan fingerprint density at radius 1 is 0.864 bits per heavy atom. The molecule has 0 bridgehead atoms. The highest BCUT2D eigenvalue weighted by molar-refractivity contribution is 5.74. The van der Waals surface area contributed by atoms with E-state index in [0.717, 1.165) is 37.7 Å². The van der Waals surface area contributed by atoms with Crippen LogP contribution in [0.1, 0.15) is 36.8 Å². The molecular formula is C20H22O2. The second kappa shape index (κ2) is 6.78. The number of fused-ring (bicyclic) bond motifs is 3. The average Bonchev–Trinajstić information content (AvgIpc) is 2.57. The first-order chi connectivity index (χ1) is 10.8. The van der Waals surface area contributed by atoms with E-state index in [1.807, 2.05) is 12.1 Å². The van der Waals surface area contributed by atoms with E-state index in [2.05, 4.69) is 36.4 Å². The van der Waals surface area contributed by atoms with Gasteiger partial charge in [-0.15, -0.1) is 0 Å². The van der Waals surface area contributed by atoms with Crippen molar-refractivity contribution in [2.24, 2.45) is 5.92 Å². The van der Waals surface area contributed by atoms with E-state index >= 15 is 0 Å². The summed E-state index contributed by atoms with van der Waals surface area (Å²) >= 11 is 0. The van der Waals surface area contributed by atoms with Crippen molar-refractivity contribution < 1.29 is 9.90 Å². The van der Waals surface area contributed by atoms with Gasteiger partial charge in [0.1, 0.15) is 0 Å². The summed E-state index contributed by atoms with van der Waals surface area (Å²) < 4.78 is 0. The first-order valence-electron chi connectivity index (χ1n) is 8.14. The molecule has 1 aliphatic rings. The lowest BCUT2D eigenvalue weighted by Crippen LogP contribution is -2.16. The molecule has 1 N–H and O–H groups in total. The molecule has 0 fully saturated rings. The summed E-state index contributed by atoms with van der Waals surface area (Å²) in [6.07, 6.45) is 5.71. The highest BCUT2D eigenvalue weighted by Gasteiger charge is 2.20. The summed E-state index contributed by atoms with van der Waals surface area (Å²) in [7, 11) is 0. The Morgan fingerprint density at radius 3 is 2.23 bits per heavy atom. The predicted molar refractivity (Wildman–Crippen MR) is 88.9 cm³/mol. The van der Waals surface area contributed by atoms with Gasteiger partial charge in [0.05, 0.1) is 5.92 Å². The van der Waals surface area contributed by atoms with Crippen molar-refractivity contribution in [1.29, 1.82) is 0 Å². The van der Waals surface area contributed by atoms with Crippen LogP contribution in [0.5, 0.6) is 0 Å². The minimum atomic E-state index is -0.665. The first-order valence-corrected chi connectivity index (χ1v) is 8.14. The molecule has 0 heterocycles. The van der Waals surface area contributed by atoms with Gasteiger partial charge >= 0.3 is 5.97 Å². The lowest BCUT2D eigenvalue weighted by Gasteiger charge is -2.16. The number of carboxylic acid groups (broad SMARTS) is 1. The van der Waals surface area contributed by atoms with E-state index in [1.165, 1.54) is 16.7 Å². The van der Waals surface area contributed by atoms with Gasteiger partial charge in [0.2, 0.25) is 0 Å². The molecule has 0 radical (unpaired) electrons. The summed E-state index contributed by atoms with van der Waals surface area (Å²) in [5.74, 6) is -0.936. The zero-order valence-corrected chi connectivity index (χ0v) is 12.8. The van der Waals surface area contributed by atoms with Crippen molar-refractivity contribution in [3.05, 3.63) is 59.7 Å². The number of hydrogen-bond donors (Lipinski definition) is 1. The third-order valence-corrected chi connectivity index (χ3v) is 4.64. The van der Waals surface area contributed by atoms with Crippen molar-refractivity contribution in [1.82, 2.24) is 0 Å². The topological polar surface area (TPSA) is 37.3 Å². The van der Waals surface area contributed by atoms with Crippen LogP contribution in [-0.4, -0.2) is 11.1 Å². The summed E-state index contributed by atoms with van der Waals surface area (Å²) in [6.45, 7) is 0. The summed E-state index contributed by atoms with van der Waals surface area (Å²) in [4.78, 5) is 11.6. The Balaban J connectivity index is 2.07. The van der Waals surface area contributed by atoms with Crippen LogP contribution in [0.4, 0.5) is 0 Å². The second-order valence-corrected chi connectivity index (χ2v) is 6.15. The van der Waals surface area contributed by atoms with Crippen LogP contribution in [0.25, 0.3) is 11.1 Å². The van der Waals surface area contributed by atoms with Crippen LogP contribution in [0.3, 0.4) is 0 Å². The van der Waals surface area contributed by atoms with Crippen molar-refractivity contribution in [3.63, 3.8) is 0 Å². The second-order valence-electron chi connectivity index (χ2n) is 6.15.